The monoisotopic (exact) mass is 230 g/mol. The maximum absolute atomic E-state index is 11.7. The van der Waals surface area contributed by atoms with E-state index in [4.69, 9.17) is 9.84 Å². The second-order valence-electron chi connectivity index (χ2n) is 3.90. The molecule has 0 saturated carbocycles. The van der Waals surface area contributed by atoms with Crippen LogP contribution < -0.4 is 10.6 Å². The molecule has 0 aromatic carbocycles. The predicted octanol–water partition coefficient (Wildman–Crippen LogP) is -0.798. The number of ether oxygens (including phenoxy) is 1. The normalized spacial score (nSPS) is 22.4. The molecule has 1 heterocycles. The number of nitrogens with one attached hydrogen (secondary N) is 2. The molecule has 1 saturated heterocycles. The molecule has 1 unspecified atom stereocenters. The smallest absolute Gasteiger partial charge is 0.328 e. The van der Waals surface area contributed by atoms with Crippen LogP contribution >= 0.6 is 0 Å². The minimum Gasteiger partial charge on any atom is -0.480 e. The van der Waals surface area contributed by atoms with Gasteiger partial charge in [-0.2, -0.15) is 0 Å². The Morgan fingerprint density at radius 1 is 1.62 bits per heavy atom. The predicted molar refractivity (Wildman–Crippen MR) is 57.0 cm³/mol. The van der Waals surface area contributed by atoms with Crippen molar-refractivity contribution in [2.45, 2.75) is 18.9 Å². The summed E-state index contributed by atoms with van der Waals surface area (Å²) in [6.45, 7) is 1.52. The fourth-order valence-corrected chi connectivity index (χ4v) is 1.71. The lowest BCUT2D eigenvalue weighted by Gasteiger charge is -2.23. The van der Waals surface area contributed by atoms with Gasteiger partial charge in [0.25, 0.3) is 0 Å². The Morgan fingerprint density at radius 3 is 2.88 bits per heavy atom. The number of carboxylic acid groups (broad SMARTS) is 1. The van der Waals surface area contributed by atoms with Crippen LogP contribution in [-0.4, -0.2) is 49.8 Å². The summed E-state index contributed by atoms with van der Waals surface area (Å²) in [7, 11) is 1.41. The first kappa shape index (κ1) is 12.9. The first-order valence-corrected chi connectivity index (χ1v) is 5.38. The Labute approximate surface area is 94.3 Å². The molecular formula is C10H18N2O4. The van der Waals surface area contributed by atoms with Gasteiger partial charge in [-0.1, -0.05) is 0 Å². The van der Waals surface area contributed by atoms with Gasteiger partial charge in [0.1, 0.15) is 0 Å². The summed E-state index contributed by atoms with van der Waals surface area (Å²) in [5.74, 6) is -1.41. The SMILES string of the molecule is COCC(NC(=O)[C@H]1CCCNC1)C(=O)O. The van der Waals surface area contributed by atoms with Crippen molar-refractivity contribution in [3.63, 3.8) is 0 Å². The summed E-state index contributed by atoms with van der Waals surface area (Å²) in [4.78, 5) is 22.5. The van der Waals surface area contributed by atoms with E-state index in [1.165, 1.54) is 7.11 Å². The fourth-order valence-electron chi connectivity index (χ4n) is 1.71. The van der Waals surface area contributed by atoms with E-state index < -0.39 is 12.0 Å². The number of hydrogen-bond donors (Lipinski definition) is 3. The average Bonchev–Trinajstić information content (AvgIpc) is 2.29. The molecule has 1 rings (SSSR count). The van der Waals surface area contributed by atoms with Gasteiger partial charge in [-0.25, -0.2) is 4.79 Å². The largest absolute Gasteiger partial charge is 0.480 e. The minimum absolute atomic E-state index is 0.0127. The van der Waals surface area contributed by atoms with Gasteiger partial charge >= 0.3 is 5.97 Å². The minimum atomic E-state index is -1.07. The van der Waals surface area contributed by atoms with E-state index in [0.29, 0.717) is 6.54 Å². The van der Waals surface area contributed by atoms with Crippen molar-refractivity contribution in [1.29, 1.82) is 0 Å². The van der Waals surface area contributed by atoms with Crippen molar-refractivity contribution in [3.05, 3.63) is 0 Å². The second-order valence-corrected chi connectivity index (χ2v) is 3.90. The van der Waals surface area contributed by atoms with Crippen LogP contribution in [0.4, 0.5) is 0 Å². The summed E-state index contributed by atoms with van der Waals surface area (Å²) in [6, 6.07) is -0.959. The molecule has 0 aliphatic carbocycles. The van der Waals surface area contributed by atoms with Crippen LogP contribution in [0.25, 0.3) is 0 Å². The number of hydrogen-bond acceptors (Lipinski definition) is 4. The summed E-state index contributed by atoms with van der Waals surface area (Å²) in [6.07, 6.45) is 1.75. The molecule has 1 fully saturated rings. The molecule has 16 heavy (non-hydrogen) atoms. The lowest BCUT2D eigenvalue weighted by Crippen LogP contribution is -2.49. The molecule has 1 aliphatic heterocycles. The molecule has 3 N–H and O–H groups in total. The van der Waals surface area contributed by atoms with Gasteiger partial charge in [-0.15, -0.1) is 0 Å². The number of amides is 1. The van der Waals surface area contributed by atoms with Crippen LogP contribution in [0.15, 0.2) is 0 Å². The molecule has 2 atom stereocenters. The number of rotatable bonds is 5. The highest BCUT2D eigenvalue weighted by Gasteiger charge is 2.26. The number of piperidine rings is 1. The molecule has 0 aromatic rings. The number of carbonyl (C=O) groups excluding carboxylic acids is 1. The third-order valence-corrected chi connectivity index (χ3v) is 2.62. The van der Waals surface area contributed by atoms with Gasteiger partial charge in [0.2, 0.25) is 5.91 Å². The zero-order chi connectivity index (χ0) is 12.0. The third kappa shape index (κ3) is 3.79. The number of carboxylic acids is 1. The first-order chi connectivity index (χ1) is 7.65. The van der Waals surface area contributed by atoms with Gasteiger partial charge in [0.05, 0.1) is 12.5 Å². The third-order valence-electron chi connectivity index (χ3n) is 2.62. The van der Waals surface area contributed by atoms with E-state index in [1.807, 2.05) is 0 Å². The fraction of sp³-hybridized carbons (Fsp3) is 0.800. The molecule has 92 valence electrons. The van der Waals surface area contributed by atoms with Crippen LogP contribution in [0.5, 0.6) is 0 Å². The van der Waals surface area contributed by atoms with Crippen molar-refractivity contribution in [1.82, 2.24) is 10.6 Å². The van der Waals surface area contributed by atoms with Crippen LogP contribution in [0, 0.1) is 5.92 Å². The molecule has 0 spiro atoms. The Bertz CT molecular complexity index is 251. The standard InChI is InChI=1S/C10H18N2O4/c1-16-6-8(10(14)15)12-9(13)7-3-2-4-11-5-7/h7-8,11H,2-6H2,1H3,(H,12,13)(H,14,15)/t7-,8?/m0/s1. The van der Waals surface area contributed by atoms with E-state index in [9.17, 15) is 9.59 Å². The van der Waals surface area contributed by atoms with Gasteiger partial charge in [0, 0.05) is 13.7 Å². The first-order valence-electron chi connectivity index (χ1n) is 5.38. The van der Waals surface area contributed by atoms with Crippen molar-refractivity contribution in [2.75, 3.05) is 26.8 Å². The molecule has 6 heteroatoms. The maximum Gasteiger partial charge on any atom is 0.328 e. The lowest BCUT2D eigenvalue weighted by atomic mass is 9.98. The topological polar surface area (TPSA) is 87.7 Å². The highest BCUT2D eigenvalue weighted by Crippen LogP contribution is 2.09. The maximum atomic E-state index is 11.7. The average molecular weight is 230 g/mol. The molecule has 0 aromatic heterocycles. The Morgan fingerprint density at radius 2 is 2.38 bits per heavy atom. The highest BCUT2D eigenvalue weighted by molar-refractivity contribution is 5.85. The molecule has 0 bridgehead atoms. The summed E-state index contributed by atoms with van der Waals surface area (Å²) < 4.78 is 4.74. The van der Waals surface area contributed by atoms with Gasteiger partial charge < -0.3 is 20.5 Å². The lowest BCUT2D eigenvalue weighted by molar-refractivity contribution is -0.144. The van der Waals surface area contributed by atoms with Crippen LogP contribution in [0.2, 0.25) is 0 Å². The summed E-state index contributed by atoms with van der Waals surface area (Å²) in [5, 5.41) is 14.4. The van der Waals surface area contributed by atoms with Gasteiger partial charge in [-0.3, -0.25) is 4.79 Å². The molecule has 0 radical (unpaired) electrons. The van der Waals surface area contributed by atoms with Crippen molar-refractivity contribution < 1.29 is 19.4 Å². The van der Waals surface area contributed by atoms with Gasteiger partial charge in [-0.05, 0) is 19.4 Å². The molecular weight excluding hydrogens is 212 g/mol. The van der Waals surface area contributed by atoms with Crippen LogP contribution in [0.3, 0.4) is 0 Å². The summed E-state index contributed by atoms with van der Waals surface area (Å²) in [5.41, 5.74) is 0. The van der Waals surface area contributed by atoms with E-state index in [-0.39, 0.29) is 18.4 Å². The van der Waals surface area contributed by atoms with Crippen molar-refractivity contribution >= 4 is 11.9 Å². The van der Waals surface area contributed by atoms with E-state index in [2.05, 4.69) is 10.6 Å². The molecule has 1 amide bonds. The Kier molecular flexibility index (Phi) is 5.21. The van der Waals surface area contributed by atoms with Gasteiger partial charge in [0.15, 0.2) is 6.04 Å². The number of carbonyl (C=O) groups is 2. The van der Waals surface area contributed by atoms with E-state index in [1.54, 1.807) is 0 Å². The zero-order valence-corrected chi connectivity index (χ0v) is 9.36. The van der Waals surface area contributed by atoms with E-state index in [0.717, 1.165) is 19.4 Å². The number of aliphatic carboxylic acids is 1. The highest BCUT2D eigenvalue weighted by atomic mass is 16.5. The number of methoxy groups -OCH3 is 1. The van der Waals surface area contributed by atoms with Crippen LogP contribution in [0.1, 0.15) is 12.8 Å². The van der Waals surface area contributed by atoms with Crippen LogP contribution in [-0.2, 0) is 14.3 Å². The second kappa shape index (κ2) is 6.44. The molecule has 1 aliphatic rings. The Balaban J connectivity index is 2.43. The molecule has 6 nitrogen and oxygen atoms in total. The summed E-state index contributed by atoms with van der Waals surface area (Å²) >= 11 is 0. The van der Waals surface area contributed by atoms with Crippen molar-refractivity contribution in [2.24, 2.45) is 5.92 Å². The quantitative estimate of drug-likeness (QED) is 0.575. The van der Waals surface area contributed by atoms with Crippen molar-refractivity contribution in [3.8, 4) is 0 Å². The zero-order valence-electron chi connectivity index (χ0n) is 9.36. The Hall–Kier alpha value is -1.14. The van der Waals surface area contributed by atoms with E-state index >= 15 is 0 Å².